The van der Waals surface area contributed by atoms with Gasteiger partial charge in [-0.3, -0.25) is 4.79 Å². The van der Waals surface area contributed by atoms with Crippen LogP contribution >= 0.6 is 11.6 Å². The number of carbonyl (C=O) groups is 2. The van der Waals surface area contributed by atoms with Crippen LogP contribution in [0.4, 0.5) is 0 Å². The molecule has 2 aliphatic rings. The second-order valence-electron chi connectivity index (χ2n) is 6.10. The number of nitrogens with two attached hydrogens (primary N) is 1. The van der Waals surface area contributed by atoms with E-state index < -0.39 is 11.9 Å². The van der Waals surface area contributed by atoms with Crippen LogP contribution in [0.5, 0.6) is 5.75 Å². The Balaban J connectivity index is 2.12. The predicted octanol–water partition coefficient (Wildman–Crippen LogP) is 2.82. The SMILES string of the molecule is C#CCOc1ccc([C@H]2C(C(=O)OC)=C(N)OC3=C2C(=O)CCC3)cc1Cl. The number of ketones is 1. The molecule has 6 nitrogen and oxygen atoms in total. The van der Waals surface area contributed by atoms with Gasteiger partial charge in [-0.1, -0.05) is 23.6 Å². The molecule has 140 valence electrons. The van der Waals surface area contributed by atoms with E-state index >= 15 is 0 Å². The Morgan fingerprint density at radius 2 is 2.22 bits per heavy atom. The summed E-state index contributed by atoms with van der Waals surface area (Å²) in [6, 6.07) is 4.99. The highest BCUT2D eigenvalue weighted by Gasteiger charge is 2.41. The molecule has 3 rings (SSSR count). The molecule has 0 fully saturated rings. The van der Waals surface area contributed by atoms with Gasteiger partial charge in [-0.2, -0.15) is 0 Å². The van der Waals surface area contributed by atoms with Gasteiger partial charge < -0.3 is 19.9 Å². The number of rotatable bonds is 4. The first kappa shape index (κ1) is 18.9. The fourth-order valence-electron chi connectivity index (χ4n) is 3.33. The third kappa shape index (κ3) is 3.51. The first-order chi connectivity index (χ1) is 13.0. The maximum Gasteiger partial charge on any atom is 0.340 e. The Kier molecular flexibility index (Phi) is 5.43. The summed E-state index contributed by atoms with van der Waals surface area (Å²) >= 11 is 6.30. The highest BCUT2D eigenvalue weighted by Crippen LogP contribution is 2.45. The van der Waals surface area contributed by atoms with Gasteiger partial charge >= 0.3 is 5.97 Å². The first-order valence-corrected chi connectivity index (χ1v) is 8.73. The van der Waals surface area contributed by atoms with E-state index in [2.05, 4.69) is 5.92 Å². The van der Waals surface area contributed by atoms with Gasteiger partial charge in [0.05, 0.1) is 18.1 Å². The van der Waals surface area contributed by atoms with E-state index in [4.69, 9.17) is 38.0 Å². The van der Waals surface area contributed by atoms with Crippen molar-refractivity contribution >= 4 is 23.4 Å². The lowest BCUT2D eigenvalue weighted by molar-refractivity contribution is -0.136. The van der Waals surface area contributed by atoms with Crippen molar-refractivity contribution in [1.29, 1.82) is 0 Å². The van der Waals surface area contributed by atoms with Crippen molar-refractivity contribution in [2.24, 2.45) is 5.73 Å². The van der Waals surface area contributed by atoms with Crippen LogP contribution in [0.2, 0.25) is 5.02 Å². The standard InChI is InChI=1S/C20H18ClNO5/c1-3-9-26-14-8-7-11(10-12(14)21)16-17-13(23)5-4-6-15(17)27-19(22)18(16)20(24)25-2/h1,7-8,10,16H,4-6,9,22H2,2H3/t16-/m1/s1. The third-order valence-corrected chi connectivity index (χ3v) is 4.79. The molecule has 0 amide bonds. The fourth-order valence-corrected chi connectivity index (χ4v) is 3.58. The number of carbonyl (C=O) groups excluding carboxylic acids is 2. The maximum atomic E-state index is 12.6. The number of Topliss-reactive ketones (excluding diaryl/α,β-unsaturated/α-hetero) is 1. The second kappa shape index (κ2) is 7.77. The van der Waals surface area contributed by atoms with Crippen LogP contribution in [0.3, 0.4) is 0 Å². The number of hydrogen-bond acceptors (Lipinski definition) is 6. The van der Waals surface area contributed by atoms with Crippen molar-refractivity contribution < 1.29 is 23.8 Å². The topological polar surface area (TPSA) is 87.8 Å². The van der Waals surface area contributed by atoms with Crippen LogP contribution in [-0.4, -0.2) is 25.5 Å². The lowest BCUT2D eigenvalue weighted by Crippen LogP contribution is -2.31. The molecule has 0 spiro atoms. The van der Waals surface area contributed by atoms with Crippen LogP contribution in [0.15, 0.2) is 41.0 Å². The lowest BCUT2D eigenvalue weighted by atomic mass is 9.77. The van der Waals surface area contributed by atoms with Gasteiger partial charge in [0, 0.05) is 18.4 Å². The summed E-state index contributed by atoms with van der Waals surface area (Å²) in [5.41, 5.74) is 7.12. The minimum atomic E-state index is -0.715. The Morgan fingerprint density at radius 3 is 2.89 bits per heavy atom. The molecule has 1 aliphatic carbocycles. The third-order valence-electron chi connectivity index (χ3n) is 4.49. The normalized spacial score (nSPS) is 19.1. The summed E-state index contributed by atoms with van der Waals surface area (Å²) in [6.45, 7) is 0.0738. The summed E-state index contributed by atoms with van der Waals surface area (Å²) in [4.78, 5) is 25.0. The molecule has 1 aliphatic heterocycles. The zero-order valence-corrected chi connectivity index (χ0v) is 15.5. The number of hydrogen-bond donors (Lipinski definition) is 1. The lowest BCUT2D eigenvalue weighted by Gasteiger charge is -2.32. The maximum absolute atomic E-state index is 12.6. The minimum absolute atomic E-state index is 0.0657. The Hall–Kier alpha value is -2.91. The van der Waals surface area contributed by atoms with Gasteiger partial charge in [0.1, 0.15) is 23.7 Å². The summed E-state index contributed by atoms with van der Waals surface area (Å²) in [5, 5.41) is 0.308. The summed E-state index contributed by atoms with van der Waals surface area (Å²) in [6.07, 6.45) is 6.82. The van der Waals surface area contributed by atoms with Gasteiger partial charge in [0.25, 0.3) is 0 Å². The highest BCUT2D eigenvalue weighted by atomic mass is 35.5. The number of ether oxygens (including phenoxy) is 3. The molecule has 0 saturated carbocycles. The molecule has 0 radical (unpaired) electrons. The summed E-state index contributed by atoms with van der Waals surface area (Å²) < 4.78 is 15.8. The predicted molar refractivity (Wildman–Crippen MR) is 98.7 cm³/mol. The van der Waals surface area contributed by atoms with Gasteiger partial charge in [-0.05, 0) is 24.1 Å². The van der Waals surface area contributed by atoms with E-state index in [1.165, 1.54) is 7.11 Å². The van der Waals surface area contributed by atoms with Crippen LogP contribution in [0.1, 0.15) is 30.7 Å². The Morgan fingerprint density at radius 1 is 1.44 bits per heavy atom. The fraction of sp³-hybridized carbons (Fsp3) is 0.300. The average Bonchev–Trinajstić information content (AvgIpc) is 2.65. The Labute approximate surface area is 161 Å². The van der Waals surface area contributed by atoms with E-state index in [0.29, 0.717) is 46.9 Å². The van der Waals surface area contributed by atoms with E-state index in [-0.39, 0.29) is 23.8 Å². The second-order valence-corrected chi connectivity index (χ2v) is 6.51. The molecule has 2 N–H and O–H groups in total. The molecule has 0 unspecified atom stereocenters. The zero-order chi connectivity index (χ0) is 19.6. The number of methoxy groups -OCH3 is 1. The molecule has 0 bridgehead atoms. The number of esters is 1. The van der Waals surface area contributed by atoms with Crippen molar-refractivity contribution in [3.8, 4) is 18.1 Å². The molecular formula is C20H18ClNO5. The quantitative estimate of drug-likeness (QED) is 0.631. The van der Waals surface area contributed by atoms with Crippen molar-refractivity contribution in [1.82, 2.24) is 0 Å². The highest BCUT2D eigenvalue weighted by molar-refractivity contribution is 6.32. The van der Waals surface area contributed by atoms with Gasteiger partial charge in [0.15, 0.2) is 5.78 Å². The molecule has 1 atom stereocenters. The zero-order valence-electron chi connectivity index (χ0n) is 14.7. The average molecular weight is 388 g/mol. The largest absolute Gasteiger partial charge is 0.479 e. The van der Waals surface area contributed by atoms with Crippen LogP contribution in [0.25, 0.3) is 0 Å². The van der Waals surface area contributed by atoms with E-state index in [0.717, 1.165) is 0 Å². The van der Waals surface area contributed by atoms with Gasteiger partial charge in [-0.25, -0.2) is 4.79 Å². The molecule has 1 heterocycles. The van der Waals surface area contributed by atoms with Crippen molar-refractivity contribution in [2.45, 2.75) is 25.2 Å². The molecule has 7 heteroatoms. The van der Waals surface area contributed by atoms with Crippen LogP contribution in [-0.2, 0) is 19.1 Å². The van der Waals surface area contributed by atoms with Crippen LogP contribution in [0, 0.1) is 12.3 Å². The van der Waals surface area contributed by atoms with E-state index in [9.17, 15) is 9.59 Å². The molecule has 1 aromatic carbocycles. The minimum Gasteiger partial charge on any atom is -0.479 e. The summed E-state index contributed by atoms with van der Waals surface area (Å²) in [7, 11) is 1.25. The first-order valence-electron chi connectivity index (χ1n) is 8.35. The number of halogens is 1. The van der Waals surface area contributed by atoms with Crippen molar-refractivity contribution in [2.75, 3.05) is 13.7 Å². The monoisotopic (exact) mass is 387 g/mol. The van der Waals surface area contributed by atoms with Crippen molar-refractivity contribution in [3.63, 3.8) is 0 Å². The number of terminal acetylenes is 1. The van der Waals surface area contributed by atoms with Gasteiger partial charge in [0.2, 0.25) is 5.88 Å². The van der Waals surface area contributed by atoms with Gasteiger partial charge in [-0.15, -0.1) is 6.42 Å². The van der Waals surface area contributed by atoms with E-state index in [1.54, 1.807) is 18.2 Å². The van der Waals surface area contributed by atoms with E-state index in [1.807, 2.05) is 0 Å². The summed E-state index contributed by atoms with van der Waals surface area (Å²) in [5.74, 6) is 1.74. The van der Waals surface area contributed by atoms with Crippen molar-refractivity contribution in [3.05, 3.63) is 51.6 Å². The smallest absolute Gasteiger partial charge is 0.340 e. The molecular weight excluding hydrogens is 370 g/mol. The number of benzene rings is 1. The molecule has 27 heavy (non-hydrogen) atoms. The Bertz CT molecular complexity index is 909. The molecule has 0 aromatic heterocycles. The van der Waals surface area contributed by atoms with Crippen LogP contribution < -0.4 is 10.5 Å². The molecule has 0 saturated heterocycles. The number of allylic oxidation sites excluding steroid dienone is 2. The molecule has 1 aromatic rings.